The molecule has 1 heterocycles. The Morgan fingerprint density at radius 2 is 2.00 bits per heavy atom. The number of rotatable bonds is 4. The van der Waals surface area contributed by atoms with E-state index in [1.54, 1.807) is 4.68 Å². The number of aromatic nitrogens is 2. The monoisotopic (exact) mass is 311 g/mol. The summed E-state index contributed by atoms with van der Waals surface area (Å²) in [6, 6.07) is 5.01. The van der Waals surface area contributed by atoms with E-state index >= 15 is 0 Å². The molecule has 2 rings (SSSR count). The molecule has 0 aliphatic heterocycles. The third kappa shape index (κ3) is 2.98. The Labute approximate surface area is 124 Å². The van der Waals surface area contributed by atoms with Crippen molar-refractivity contribution in [2.45, 2.75) is 25.3 Å². The first-order valence-corrected chi connectivity index (χ1v) is 7.88. The van der Waals surface area contributed by atoms with E-state index in [0.717, 1.165) is 23.0 Å². The number of aryl methyl sites for hydroxylation is 2. The molecule has 0 fully saturated rings. The highest BCUT2D eigenvalue weighted by molar-refractivity contribution is 7.89. The quantitative estimate of drug-likeness (QED) is 0.868. The number of sulfonamides is 1. The van der Waals surface area contributed by atoms with Crippen LogP contribution >= 0.6 is 0 Å². The van der Waals surface area contributed by atoms with Gasteiger partial charge >= 0.3 is 0 Å². The number of nitrogens with zero attached hydrogens (tertiary/aromatic N) is 3. The van der Waals surface area contributed by atoms with Gasteiger partial charge in [0.25, 0.3) is 0 Å². The molecular formula is C14H18FN3O2S. The fraction of sp³-hybridized carbons (Fsp3) is 0.357. The van der Waals surface area contributed by atoms with Crippen molar-refractivity contribution in [3.63, 3.8) is 0 Å². The van der Waals surface area contributed by atoms with Crippen LogP contribution in [-0.4, -0.2) is 29.6 Å². The van der Waals surface area contributed by atoms with Crippen LogP contribution in [0.25, 0.3) is 0 Å². The van der Waals surface area contributed by atoms with Crippen molar-refractivity contribution >= 4 is 10.0 Å². The second-order valence-corrected chi connectivity index (χ2v) is 7.04. The number of benzene rings is 1. The first-order valence-electron chi connectivity index (χ1n) is 6.44. The average Bonchev–Trinajstić information content (AvgIpc) is 2.65. The maximum absolute atomic E-state index is 13.2. The van der Waals surface area contributed by atoms with Gasteiger partial charge in [0.05, 0.1) is 10.6 Å². The maximum atomic E-state index is 13.2. The van der Waals surface area contributed by atoms with E-state index in [9.17, 15) is 12.8 Å². The van der Waals surface area contributed by atoms with Crippen LogP contribution in [0.2, 0.25) is 0 Å². The second kappa shape index (κ2) is 5.57. The van der Waals surface area contributed by atoms with Crippen LogP contribution < -0.4 is 0 Å². The summed E-state index contributed by atoms with van der Waals surface area (Å²) >= 11 is 0. The summed E-state index contributed by atoms with van der Waals surface area (Å²) < 4.78 is 41.0. The van der Waals surface area contributed by atoms with Crippen LogP contribution in [0.4, 0.5) is 4.39 Å². The molecule has 1 aromatic heterocycles. The topological polar surface area (TPSA) is 55.2 Å². The predicted octanol–water partition coefficient (Wildman–Crippen LogP) is 2.00. The van der Waals surface area contributed by atoms with Crippen molar-refractivity contribution in [1.29, 1.82) is 0 Å². The predicted molar refractivity (Wildman–Crippen MR) is 77.7 cm³/mol. The van der Waals surface area contributed by atoms with Gasteiger partial charge in [0.2, 0.25) is 10.0 Å². The fourth-order valence-corrected chi connectivity index (χ4v) is 3.33. The van der Waals surface area contributed by atoms with Crippen LogP contribution in [0.1, 0.15) is 17.0 Å². The van der Waals surface area contributed by atoms with Crippen molar-refractivity contribution in [2.75, 3.05) is 7.05 Å². The zero-order valence-corrected chi connectivity index (χ0v) is 13.3. The first kappa shape index (κ1) is 15.7. The molecule has 0 spiro atoms. The molecule has 0 saturated heterocycles. The molecule has 0 bridgehead atoms. The lowest BCUT2D eigenvalue weighted by Crippen LogP contribution is -2.27. The number of hydrogen-bond donors (Lipinski definition) is 0. The highest BCUT2D eigenvalue weighted by atomic mass is 32.2. The Kier molecular flexibility index (Phi) is 4.15. The molecule has 7 heteroatoms. The summed E-state index contributed by atoms with van der Waals surface area (Å²) in [4.78, 5) is -0.0517. The molecule has 1 aromatic carbocycles. The van der Waals surface area contributed by atoms with Gasteiger partial charge in [-0.05, 0) is 32.0 Å². The summed E-state index contributed by atoms with van der Waals surface area (Å²) in [6.07, 6.45) is 0. The van der Waals surface area contributed by atoms with E-state index in [-0.39, 0.29) is 11.4 Å². The van der Waals surface area contributed by atoms with Gasteiger partial charge in [-0.2, -0.15) is 9.40 Å². The van der Waals surface area contributed by atoms with E-state index in [2.05, 4.69) is 5.10 Å². The Bertz CT molecular complexity index is 769. The van der Waals surface area contributed by atoms with Crippen molar-refractivity contribution in [1.82, 2.24) is 14.1 Å². The smallest absolute Gasteiger partial charge is 0.243 e. The van der Waals surface area contributed by atoms with Crippen molar-refractivity contribution in [2.24, 2.45) is 7.05 Å². The van der Waals surface area contributed by atoms with E-state index in [1.807, 2.05) is 20.9 Å². The molecule has 2 aromatic rings. The molecule has 21 heavy (non-hydrogen) atoms. The van der Waals surface area contributed by atoms with Gasteiger partial charge in [-0.3, -0.25) is 4.68 Å². The molecule has 0 radical (unpaired) electrons. The highest BCUT2D eigenvalue weighted by Crippen LogP contribution is 2.20. The first-order chi connectivity index (χ1) is 9.73. The summed E-state index contributed by atoms with van der Waals surface area (Å²) in [5.41, 5.74) is 2.56. The third-order valence-electron chi connectivity index (χ3n) is 3.54. The molecule has 0 aliphatic rings. The van der Waals surface area contributed by atoms with Gasteiger partial charge in [-0.1, -0.05) is 6.07 Å². The van der Waals surface area contributed by atoms with E-state index in [4.69, 9.17) is 0 Å². The third-order valence-corrected chi connectivity index (χ3v) is 5.34. The van der Waals surface area contributed by atoms with Gasteiger partial charge < -0.3 is 0 Å². The SMILES string of the molecule is Cc1nn(C)c(C)c1CN(C)S(=O)(=O)c1cccc(F)c1. The molecule has 0 atom stereocenters. The lowest BCUT2D eigenvalue weighted by Gasteiger charge is -2.17. The maximum Gasteiger partial charge on any atom is 0.243 e. The lowest BCUT2D eigenvalue weighted by molar-refractivity contribution is 0.464. The molecule has 0 saturated carbocycles. The minimum absolute atomic E-state index is 0.0517. The van der Waals surface area contributed by atoms with Crippen molar-refractivity contribution in [3.8, 4) is 0 Å². The minimum Gasteiger partial charge on any atom is -0.272 e. The van der Waals surface area contributed by atoms with Gasteiger partial charge in [0.1, 0.15) is 5.82 Å². The molecule has 0 N–H and O–H groups in total. The van der Waals surface area contributed by atoms with E-state index in [0.29, 0.717) is 0 Å². The van der Waals surface area contributed by atoms with E-state index < -0.39 is 15.8 Å². The van der Waals surface area contributed by atoms with Crippen molar-refractivity contribution < 1.29 is 12.8 Å². The second-order valence-electron chi connectivity index (χ2n) is 4.99. The Hall–Kier alpha value is -1.73. The number of halogens is 1. The molecule has 0 aliphatic carbocycles. The van der Waals surface area contributed by atoms with Gasteiger partial charge in [-0.15, -0.1) is 0 Å². The van der Waals surface area contributed by atoms with Crippen LogP contribution in [0.3, 0.4) is 0 Å². The number of hydrogen-bond acceptors (Lipinski definition) is 3. The Morgan fingerprint density at radius 3 is 2.52 bits per heavy atom. The molecule has 0 amide bonds. The lowest BCUT2D eigenvalue weighted by atomic mass is 10.2. The Morgan fingerprint density at radius 1 is 1.33 bits per heavy atom. The van der Waals surface area contributed by atoms with Gasteiger partial charge in [0, 0.05) is 31.9 Å². The Balaban J connectivity index is 2.33. The summed E-state index contributed by atoms with van der Waals surface area (Å²) in [5.74, 6) is -0.571. The average molecular weight is 311 g/mol. The van der Waals surface area contributed by atoms with Crippen LogP contribution in [0.15, 0.2) is 29.2 Å². The molecule has 0 unspecified atom stereocenters. The zero-order chi connectivity index (χ0) is 15.8. The van der Waals surface area contributed by atoms with Crippen LogP contribution in [-0.2, 0) is 23.6 Å². The van der Waals surface area contributed by atoms with Gasteiger partial charge in [-0.25, -0.2) is 12.8 Å². The van der Waals surface area contributed by atoms with Crippen molar-refractivity contribution in [3.05, 3.63) is 47.0 Å². The molecule has 114 valence electrons. The fourth-order valence-electron chi connectivity index (χ4n) is 2.16. The van der Waals surface area contributed by atoms with Crippen LogP contribution in [0.5, 0.6) is 0 Å². The standard InChI is InChI=1S/C14H18FN3O2S/c1-10-14(11(2)18(4)16-10)9-17(3)21(19,20)13-7-5-6-12(15)8-13/h5-8H,9H2,1-4H3. The van der Waals surface area contributed by atoms with Crippen LogP contribution in [0, 0.1) is 19.7 Å². The molecule has 5 nitrogen and oxygen atoms in total. The normalized spacial score (nSPS) is 12.1. The summed E-state index contributed by atoms with van der Waals surface area (Å²) in [6.45, 7) is 3.92. The zero-order valence-electron chi connectivity index (χ0n) is 12.5. The highest BCUT2D eigenvalue weighted by Gasteiger charge is 2.23. The van der Waals surface area contributed by atoms with E-state index in [1.165, 1.54) is 29.6 Å². The molecular weight excluding hydrogens is 293 g/mol. The summed E-state index contributed by atoms with van der Waals surface area (Å²) in [7, 11) is -0.437. The summed E-state index contributed by atoms with van der Waals surface area (Å²) in [5, 5.41) is 4.27. The largest absolute Gasteiger partial charge is 0.272 e. The van der Waals surface area contributed by atoms with Gasteiger partial charge in [0.15, 0.2) is 0 Å². The minimum atomic E-state index is -3.73.